The number of hydrogen-bond donors (Lipinski definition) is 1. The van der Waals surface area contributed by atoms with Gasteiger partial charge in [0.25, 0.3) is 0 Å². The Labute approximate surface area is 110 Å². The first-order chi connectivity index (χ1) is 9.28. The summed E-state index contributed by atoms with van der Waals surface area (Å²) in [6.07, 6.45) is 4.32. The van der Waals surface area contributed by atoms with Crippen LogP contribution in [-0.2, 0) is 6.42 Å². The Kier molecular flexibility index (Phi) is 2.83. The monoisotopic (exact) mass is 254 g/mol. The summed E-state index contributed by atoms with van der Waals surface area (Å²) in [5.74, 6) is 1.99. The molecule has 0 bridgehead atoms. The molecule has 4 nitrogen and oxygen atoms in total. The summed E-state index contributed by atoms with van der Waals surface area (Å²) in [5.41, 5.74) is 1.84. The van der Waals surface area contributed by atoms with Gasteiger partial charge >= 0.3 is 0 Å². The van der Waals surface area contributed by atoms with Crippen LogP contribution in [0.3, 0.4) is 0 Å². The highest BCUT2D eigenvalue weighted by Crippen LogP contribution is 2.21. The molecular formula is C15H14N2O2. The molecule has 0 atom stereocenters. The van der Waals surface area contributed by atoms with E-state index < -0.39 is 0 Å². The van der Waals surface area contributed by atoms with Crippen molar-refractivity contribution >= 4 is 5.52 Å². The molecule has 0 aliphatic carbocycles. The van der Waals surface area contributed by atoms with E-state index in [1.807, 2.05) is 40.9 Å². The average Bonchev–Trinajstić information content (AvgIpc) is 2.83. The van der Waals surface area contributed by atoms with E-state index in [1.165, 1.54) is 0 Å². The van der Waals surface area contributed by atoms with Crippen LogP contribution < -0.4 is 4.74 Å². The van der Waals surface area contributed by atoms with Crippen LogP contribution >= 0.6 is 0 Å². The van der Waals surface area contributed by atoms with Crippen molar-refractivity contribution in [3.05, 3.63) is 60.2 Å². The van der Waals surface area contributed by atoms with Crippen molar-refractivity contribution in [3.63, 3.8) is 0 Å². The number of hydrogen-bond acceptors (Lipinski definition) is 3. The predicted molar refractivity (Wildman–Crippen MR) is 72.7 cm³/mol. The average molecular weight is 254 g/mol. The van der Waals surface area contributed by atoms with Gasteiger partial charge in [0.05, 0.1) is 18.8 Å². The van der Waals surface area contributed by atoms with Gasteiger partial charge in [-0.25, -0.2) is 4.98 Å². The lowest BCUT2D eigenvalue weighted by Crippen LogP contribution is -1.97. The third-order valence-corrected chi connectivity index (χ3v) is 3.16. The zero-order valence-electron chi connectivity index (χ0n) is 10.6. The Bertz CT molecular complexity index is 719. The number of imidazole rings is 1. The summed E-state index contributed by atoms with van der Waals surface area (Å²) in [4.78, 5) is 4.40. The van der Waals surface area contributed by atoms with Gasteiger partial charge in [0.2, 0.25) is 0 Å². The Morgan fingerprint density at radius 1 is 1.26 bits per heavy atom. The predicted octanol–water partition coefficient (Wildman–Crippen LogP) is 2.64. The summed E-state index contributed by atoms with van der Waals surface area (Å²) in [6, 6.07) is 11.1. The molecule has 3 aromatic rings. The molecule has 0 amide bonds. The Balaban J connectivity index is 2.00. The van der Waals surface area contributed by atoms with Gasteiger partial charge in [-0.2, -0.15) is 0 Å². The van der Waals surface area contributed by atoms with Gasteiger partial charge < -0.3 is 14.2 Å². The number of aromatic hydroxyl groups is 1. The minimum atomic E-state index is 0.299. The number of benzene rings is 1. The molecule has 96 valence electrons. The lowest BCUT2D eigenvalue weighted by Gasteiger charge is -2.05. The molecule has 0 unspecified atom stereocenters. The van der Waals surface area contributed by atoms with Gasteiger partial charge in [0.1, 0.15) is 17.3 Å². The van der Waals surface area contributed by atoms with Crippen LogP contribution in [0.5, 0.6) is 11.5 Å². The topological polar surface area (TPSA) is 46.8 Å². The largest absolute Gasteiger partial charge is 0.508 e. The lowest BCUT2D eigenvalue weighted by atomic mass is 10.1. The Morgan fingerprint density at radius 2 is 2.11 bits per heavy atom. The van der Waals surface area contributed by atoms with E-state index >= 15 is 0 Å². The second-order valence-electron chi connectivity index (χ2n) is 4.34. The maximum absolute atomic E-state index is 9.81. The standard InChI is InChI=1S/C15H14N2O2/c1-19-13-6-7-17-12(9-13)10-16-15(17)8-11-4-2-3-5-14(11)18/h2-7,9-10,18H,8H2,1H3. The van der Waals surface area contributed by atoms with Gasteiger partial charge in [-0.1, -0.05) is 18.2 Å². The molecular weight excluding hydrogens is 240 g/mol. The molecule has 4 heteroatoms. The van der Waals surface area contributed by atoms with Gasteiger partial charge in [0, 0.05) is 24.2 Å². The molecule has 0 aliphatic heterocycles. The van der Waals surface area contributed by atoms with Gasteiger partial charge in [-0.15, -0.1) is 0 Å². The summed E-state index contributed by atoms with van der Waals surface area (Å²) >= 11 is 0. The third-order valence-electron chi connectivity index (χ3n) is 3.16. The number of phenols is 1. The minimum absolute atomic E-state index is 0.299. The van der Waals surface area contributed by atoms with Crippen molar-refractivity contribution in [3.8, 4) is 11.5 Å². The fraction of sp³-hybridized carbons (Fsp3) is 0.133. The maximum atomic E-state index is 9.81. The second-order valence-corrected chi connectivity index (χ2v) is 4.34. The van der Waals surface area contributed by atoms with E-state index in [2.05, 4.69) is 4.98 Å². The third kappa shape index (κ3) is 2.12. The van der Waals surface area contributed by atoms with E-state index in [9.17, 15) is 5.11 Å². The summed E-state index contributed by atoms with van der Waals surface area (Å²) in [6.45, 7) is 0. The van der Waals surface area contributed by atoms with Crippen molar-refractivity contribution in [2.45, 2.75) is 6.42 Å². The number of nitrogens with zero attached hydrogens (tertiary/aromatic N) is 2. The van der Waals surface area contributed by atoms with Crippen molar-refractivity contribution in [2.75, 3.05) is 7.11 Å². The van der Waals surface area contributed by atoms with E-state index in [1.54, 1.807) is 19.4 Å². The minimum Gasteiger partial charge on any atom is -0.508 e. The first kappa shape index (κ1) is 11.6. The molecule has 2 heterocycles. The number of ether oxygens (including phenoxy) is 1. The molecule has 0 radical (unpaired) electrons. The van der Waals surface area contributed by atoms with Crippen LogP contribution in [-0.4, -0.2) is 21.6 Å². The van der Waals surface area contributed by atoms with E-state index in [4.69, 9.17) is 4.74 Å². The molecule has 0 saturated carbocycles. The molecule has 2 aromatic heterocycles. The molecule has 0 fully saturated rings. The van der Waals surface area contributed by atoms with Crippen LogP contribution in [0.1, 0.15) is 11.4 Å². The SMILES string of the molecule is COc1ccn2c(Cc3ccccc3O)ncc2c1. The number of para-hydroxylation sites is 1. The van der Waals surface area contributed by atoms with E-state index in [0.29, 0.717) is 12.2 Å². The van der Waals surface area contributed by atoms with Crippen LogP contribution in [0.2, 0.25) is 0 Å². The highest BCUT2D eigenvalue weighted by atomic mass is 16.5. The smallest absolute Gasteiger partial charge is 0.122 e. The normalized spacial score (nSPS) is 10.8. The number of aromatic nitrogens is 2. The Hall–Kier alpha value is -2.49. The number of rotatable bonds is 3. The quantitative estimate of drug-likeness (QED) is 0.781. The highest BCUT2D eigenvalue weighted by Gasteiger charge is 2.08. The molecule has 0 aliphatic rings. The number of methoxy groups -OCH3 is 1. The number of pyridine rings is 1. The zero-order chi connectivity index (χ0) is 13.2. The maximum Gasteiger partial charge on any atom is 0.122 e. The van der Waals surface area contributed by atoms with E-state index in [0.717, 1.165) is 22.7 Å². The fourth-order valence-electron chi connectivity index (χ4n) is 2.12. The zero-order valence-corrected chi connectivity index (χ0v) is 10.6. The molecule has 0 spiro atoms. The molecule has 1 N–H and O–H groups in total. The molecule has 3 rings (SSSR count). The van der Waals surface area contributed by atoms with Gasteiger partial charge in [0.15, 0.2) is 0 Å². The first-order valence-corrected chi connectivity index (χ1v) is 6.05. The van der Waals surface area contributed by atoms with Crippen molar-refractivity contribution in [1.29, 1.82) is 0 Å². The first-order valence-electron chi connectivity index (χ1n) is 6.05. The van der Waals surface area contributed by atoms with Crippen molar-refractivity contribution in [1.82, 2.24) is 9.38 Å². The summed E-state index contributed by atoms with van der Waals surface area (Å²) in [5, 5.41) is 9.81. The number of fused-ring (bicyclic) bond motifs is 1. The van der Waals surface area contributed by atoms with Crippen LogP contribution in [0.15, 0.2) is 48.8 Å². The second kappa shape index (κ2) is 4.65. The lowest BCUT2D eigenvalue weighted by molar-refractivity contribution is 0.414. The van der Waals surface area contributed by atoms with Gasteiger partial charge in [-0.05, 0) is 12.1 Å². The van der Waals surface area contributed by atoms with Crippen LogP contribution in [0.25, 0.3) is 5.52 Å². The molecule has 0 saturated heterocycles. The fourth-order valence-corrected chi connectivity index (χ4v) is 2.12. The Morgan fingerprint density at radius 3 is 2.89 bits per heavy atom. The summed E-state index contributed by atoms with van der Waals surface area (Å²) in [7, 11) is 1.64. The summed E-state index contributed by atoms with van der Waals surface area (Å²) < 4.78 is 7.18. The van der Waals surface area contributed by atoms with Crippen molar-refractivity contribution < 1.29 is 9.84 Å². The number of phenolic OH excluding ortho intramolecular Hbond substituents is 1. The van der Waals surface area contributed by atoms with Gasteiger partial charge in [-0.3, -0.25) is 0 Å². The molecule has 1 aromatic carbocycles. The molecule has 19 heavy (non-hydrogen) atoms. The van der Waals surface area contributed by atoms with Crippen molar-refractivity contribution in [2.24, 2.45) is 0 Å². The highest BCUT2D eigenvalue weighted by molar-refractivity contribution is 5.51. The van der Waals surface area contributed by atoms with Crippen LogP contribution in [0.4, 0.5) is 0 Å². The van der Waals surface area contributed by atoms with Crippen LogP contribution in [0, 0.1) is 0 Å². The van der Waals surface area contributed by atoms with E-state index in [-0.39, 0.29) is 0 Å².